The molecule has 0 N–H and O–H groups in total. The zero-order valence-corrected chi connectivity index (χ0v) is 13.4. The molecule has 0 bridgehead atoms. The van der Waals surface area contributed by atoms with Crippen molar-refractivity contribution in [2.24, 2.45) is 5.92 Å². The Morgan fingerprint density at radius 2 is 1.65 bits per heavy atom. The molecule has 0 radical (unpaired) electrons. The second kappa shape index (κ2) is 6.71. The van der Waals surface area contributed by atoms with Crippen LogP contribution in [0.1, 0.15) is 44.8 Å². The Hall–Kier alpha value is -1.88. The van der Waals surface area contributed by atoms with Crippen molar-refractivity contribution in [3.8, 4) is 0 Å². The zero-order valence-electron chi connectivity index (χ0n) is 13.4. The van der Waals surface area contributed by atoms with Crippen molar-refractivity contribution in [3.63, 3.8) is 0 Å². The normalized spacial score (nSPS) is 32.9. The number of benzene rings is 1. The molecule has 23 heavy (non-hydrogen) atoms. The number of esters is 2. The van der Waals surface area contributed by atoms with Crippen LogP contribution in [0.3, 0.4) is 0 Å². The number of hydrogen-bond acceptors (Lipinski definition) is 5. The van der Waals surface area contributed by atoms with Gasteiger partial charge in [0.15, 0.2) is 6.10 Å². The monoisotopic (exact) mass is 318 g/mol. The van der Waals surface area contributed by atoms with Gasteiger partial charge in [-0.15, -0.1) is 0 Å². The molecule has 1 aromatic rings. The smallest absolute Gasteiger partial charge is 0.303 e. The molecule has 0 aromatic heterocycles. The van der Waals surface area contributed by atoms with E-state index in [9.17, 15) is 9.59 Å². The van der Waals surface area contributed by atoms with Gasteiger partial charge in [0.1, 0.15) is 12.2 Å². The number of carbonyl (C=O) groups is 2. The summed E-state index contributed by atoms with van der Waals surface area (Å²) in [5.74, 6) is -0.664. The SMILES string of the molecule is CC(=O)O[C@@H]1[C@H]2CCC[C@@H]2O[C@H](c2ccccc2)[C@H]1OC(C)=O. The standard InChI is InChI=1S/C18H22O5/c1-11(19)21-17-14-9-6-10-15(14)23-16(18(17)22-12(2)20)13-7-4-3-5-8-13/h3-5,7-8,14-18H,6,9-10H2,1-2H3/t14-,15-,16+,17+,18+/m0/s1. The van der Waals surface area contributed by atoms with Crippen LogP contribution in [-0.2, 0) is 23.8 Å². The molecule has 0 amide bonds. The number of rotatable bonds is 3. The predicted octanol–water partition coefficient (Wildman–Crippen LogP) is 2.79. The van der Waals surface area contributed by atoms with E-state index in [2.05, 4.69) is 0 Å². The number of hydrogen-bond donors (Lipinski definition) is 0. The van der Waals surface area contributed by atoms with E-state index >= 15 is 0 Å². The van der Waals surface area contributed by atoms with E-state index in [0.29, 0.717) is 0 Å². The van der Waals surface area contributed by atoms with Gasteiger partial charge in [0.05, 0.1) is 6.10 Å². The maximum atomic E-state index is 11.6. The van der Waals surface area contributed by atoms with Crippen LogP contribution in [0.15, 0.2) is 30.3 Å². The van der Waals surface area contributed by atoms with E-state index in [0.717, 1.165) is 24.8 Å². The van der Waals surface area contributed by atoms with E-state index in [-0.39, 0.29) is 18.0 Å². The fourth-order valence-electron chi connectivity index (χ4n) is 3.76. The lowest BCUT2D eigenvalue weighted by atomic mass is 9.85. The van der Waals surface area contributed by atoms with Gasteiger partial charge in [0.2, 0.25) is 0 Å². The lowest BCUT2D eigenvalue weighted by molar-refractivity contribution is -0.222. The van der Waals surface area contributed by atoms with Gasteiger partial charge >= 0.3 is 11.9 Å². The summed E-state index contributed by atoms with van der Waals surface area (Å²) >= 11 is 0. The average molecular weight is 318 g/mol. The van der Waals surface area contributed by atoms with Crippen molar-refractivity contribution in [1.29, 1.82) is 0 Å². The van der Waals surface area contributed by atoms with Gasteiger partial charge in [0, 0.05) is 19.8 Å². The summed E-state index contributed by atoms with van der Waals surface area (Å²) in [6, 6.07) is 9.66. The number of carbonyl (C=O) groups excluding carboxylic acids is 2. The molecule has 5 atom stereocenters. The average Bonchev–Trinajstić information content (AvgIpc) is 2.97. The lowest BCUT2D eigenvalue weighted by Gasteiger charge is -2.43. The molecule has 5 nitrogen and oxygen atoms in total. The first kappa shape index (κ1) is 16.0. The first-order chi connectivity index (χ1) is 11.1. The van der Waals surface area contributed by atoms with Gasteiger partial charge in [-0.1, -0.05) is 36.8 Å². The quantitative estimate of drug-likeness (QED) is 0.802. The third kappa shape index (κ3) is 3.39. The second-order valence-corrected chi connectivity index (χ2v) is 6.25. The van der Waals surface area contributed by atoms with Crippen molar-refractivity contribution in [2.75, 3.05) is 0 Å². The first-order valence-corrected chi connectivity index (χ1v) is 8.11. The Morgan fingerprint density at radius 3 is 2.30 bits per heavy atom. The van der Waals surface area contributed by atoms with Crippen molar-refractivity contribution in [3.05, 3.63) is 35.9 Å². The van der Waals surface area contributed by atoms with Crippen LogP contribution >= 0.6 is 0 Å². The summed E-state index contributed by atoms with van der Waals surface area (Å²) in [6.07, 6.45) is 1.45. The highest BCUT2D eigenvalue weighted by Gasteiger charge is 2.51. The maximum Gasteiger partial charge on any atom is 0.303 e. The second-order valence-electron chi connectivity index (χ2n) is 6.25. The molecule has 124 valence electrons. The summed E-state index contributed by atoms with van der Waals surface area (Å²) in [5.41, 5.74) is 0.932. The van der Waals surface area contributed by atoms with Gasteiger partial charge in [0.25, 0.3) is 0 Å². The van der Waals surface area contributed by atoms with Crippen LogP contribution < -0.4 is 0 Å². The molecule has 1 aromatic carbocycles. The minimum atomic E-state index is -0.613. The lowest BCUT2D eigenvalue weighted by Crippen LogP contribution is -2.52. The number of ether oxygens (including phenoxy) is 3. The molecular formula is C18H22O5. The first-order valence-electron chi connectivity index (χ1n) is 8.11. The molecule has 1 saturated carbocycles. The summed E-state index contributed by atoms with van der Waals surface area (Å²) in [4.78, 5) is 23.2. The topological polar surface area (TPSA) is 61.8 Å². The molecule has 5 heteroatoms. The van der Waals surface area contributed by atoms with Crippen LogP contribution in [0.25, 0.3) is 0 Å². The molecule has 1 aliphatic heterocycles. The maximum absolute atomic E-state index is 11.6. The minimum Gasteiger partial charge on any atom is -0.458 e. The van der Waals surface area contributed by atoms with Crippen molar-refractivity contribution in [1.82, 2.24) is 0 Å². The van der Waals surface area contributed by atoms with Crippen LogP contribution in [0.5, 0.6) is 0 Å². The van der Waals surface area contributed by atoms with Crippen LogP contribution in [-0.4, -0.2) is 30.3 Å². The number of fused-ring (bicyclic) bond motifs is 1. The molecule has 1 aliphatic carbocycles. The fourth-order valence-corrected chi connectivity index (χ4v) is 3.76. The molecule has 2 fully saturated rings. The van der Waals surface area contributed by atoms with Gasteiger partial charge in [-0.2, -0.15) is 0 Å². The minimum absolute atomic E-state index is 0.0383. The molecule has 1 heterocycles. The van der Waals surface area contributed by atoms with Crippen molar-refractivity contribution >= 4 is 11.9 Å². The third-order valence-corrected chi connectivity index (χ3v) is 4.60. The predicted molar refractivity (Wildman–Crippen MR) is 82.5 cm³/mol. The van der Waals surface area contributed by atoms with Gasteiger partial charge in [-0.3, -0.25) is 9.59 Å². The highest BCUT2D eigenvalue weighted by Crippen LogP contribution is 2.45. The molecule has 1 saturated heterocycles. The van der Waals surface area contributed by atoms with E-state index in [1.807, 2.05) is 30.3 Å². The summed E-state index contributed by atoms with van der Waals surface area (Å²) in [7, 11) is 0. The van der Waals surface area contributed by atoms with Crippen LogP contribution in [0.2, 0.25) is 0 Å². The Kier molecular flexibility index (Phi) is 4.66. The Labute approximate surface area is 135 Å². The van der Waals surface area contributed by atoms with Crippen LogP contribution in [0, 0.1) is 5.92 Å². The van der Waals surface area contributed by atoms with E-state index in [1.54, 1.807) is 0 Å². The fraction of sp³-hybridized carbons (Fsp3) is 0.556. The van der Waals surface area contributed by atoms with Gasteiger partial charge in [-0.25, -0.2) is 0 Å². The molecule has 0 unspecified atom stereocenters. The zero-order chi connectivity index (χ0) is 16.4. The van der Waals surface area contributed by atoms with Crippen LogP contribution in [0.4, 0.5) is 0 Å². The Balaban J connectivity index is 1.95. The Morgan fingerprint density at radius 1 is 1.00 bits per heavy atom. The van der Waals surface area contributed by atoms with E-state index < -0.39 is 24.3 Å². The third-order valence-electron chi connectivity index (χ3n) is 4.60. The van der Waals surface area contributed by atoms with E-state index in [4.69, 9.17) is 14.2 Å². The largest absolute Gasteiger partial charge is 0.458 e. The Bertz CT molecular complexity index is 570. The molecule has 2 aliphatic rings. The highest BCUT2D eigenvalue weighted by molar-refractivity contribution is 5.67. The van der Waals surface area contributed by atoms with E-state index in [1.165, 1.54) is 13.8 Å². The highest BCUT2D eigenvalue weighted by atomic mass is 16.6. The van der Waals surface area contributed by atoms with Crippen molar-refractivity contribution < 1.29 is 23.8 Å². The molecule has 3 rings (SSSR count). The summed E-state index contributed by atoms with van der Waals surface area (Å²) in [6.45, 7) is 2.76. The summed E-state index contributed by atoms with van der Waals surface area (Å²) < 4.78 is 17.4. The molecular weight excluding hydrogens is 296 g/mol. The van der Waals surface area contributed by atoms with Gasteiger partial charge < -0.3 is 14.2 Å². The van der Waals surface area contributed by atoms with Gasteiger partial charge in [-0.05, 0) is 18.4 Å². The van der Waals surface area contributed by atoms with Crippen molar-refractivity contribution in [2.45, 2.75) is 57.5 Å². The molecule has 0 spiro atoms. The summed E-state index contributed by atoms with van der Waals surface area (Å²) in [5, 5.41) is 0.